The third kappa shape index (κ3) is 3.74. The lowest BCUT2D eigenvalue weighted by molar-refractivity contribution is 0.118. The van der Waals surface area contributed by atoms with Crippen LogP contribution < -0.4 is 5.32 Å². The summed E-state index contributed by atoms with van der Waals surface area (Å²) in [5.74, 6) is 0.632. The Morgan fingerprint density at radius 2 is 1.92 bits per heavy atom. The first kappa shape index (κ1) is 17.3. The van der Waals surface area contributed by atoms with Crippen LogP contribution in [0.2, 0.25) is 0 Å². The molecule has 1 N–H and O–H groups in total. The number of nitrogens with one attached hydrogen (secondary N) is 1. The van der Waals surface area contributed by atoms with Gasteiger partial charge in [-0.3, -0.25) is 0 Å². The Morgan fingerprint density at radius 1 is 1.21 bits per heavy atom. The fourth-order valence-electron chi connectivity index (χ4n) is 3.85. The quantitative estimate of drug-likeness (QED) is 0.892. The van der Waals surface area contributed by atoms with Crippen molar-refractivity contribution in [3.63, 3.8) is 0 Å². The van der Waals surface area contributed by atoms with Crippen molar-refractivity contribution in [2.75, 3.05) is 18.1 Å². The standard InChI is InChI=1S/C18H26N2O3S/c1-13-5-7-15(8-6-13)17-14(2)4-3-10-20(17)18(21)19-16-9-11-24(22,23)12-16/h5-8,14,16-17H,3-4,9-12H2,1-2H3,(H,19,21). The zero-order valence-electron chi connectivity index (χ0n) is 14.4. The van der Waals surface area contributed by atoms with E-state index in [1.165, 1.54) is 5.56 Å². The van der Waals surface area contributed by atoms with Gasteiger partial charge in [0.2, 0.25) is 0 Å². The van der Waals surface area contributed by atoms with Gasteiger partial charge in [-0.05, 0) is 37.7 Å². The number of piperidine rings is 1. The predicted octanol–water partition coefficient (Wildman–Crippen LogP) is 2.66. The number of amides is 2. The molecule has 0 bridgehead atoms. The zero-order valence-corrected chi connectivity index (χ0v) is 15.2. The lowest BCUT2D eigenvalue weighted by Crippen LogP contribution is -2.50. The van der Waals surface area contributed by atoms with Crippen molar-refractivity contribution in [1.82, 2.24) is 10.2 Å². The summed E-state index contributed by atoms with van der Waals surface area (Å²) in [7, 11) is -2.99. The summed E-state index contributed by atoms with van der Waals surface area (Å²) in [6, 6.07) is 8.03. The van der Waals surface area contributed by atoms with Crippen LogP contribution in [0.4, 0.5) is 4.79 Å². The minimum absolute atomic E-state index is 0.0531. The van der Waals surface area contributed by atoms with Crippen molar-refractivity contribution in [2.24, 2.45) is 5.92 Å². The predicted molar refractivity (Wildman–Crippen MR) is 94.6 cm³/mol. The molecule has 2 aliphatic rings. The number of hydrogen-bond acceptors (Lipinski definition) is 3. The van der Waals surface area contributed by atoms with Gasteiger partial charge in [0.1, 0.15) is 0 Å². The molecule has 5 nitrogen and oxygen atoms in total. The molecule has 24 heavy (non-hydrogen) atoms. The van der Waals surface area contributed by atoms with E-state index in [4.69, 9.17) is 0 Å². The zero-order chi connectivity index (χ0) is 17.3. The second-order valence-electron chi connectivity index (χ2n) is 7.22. The van der Waals surface area contributed by atoms with Crippen LogP contribution in [0, 0.1) is 12.8 Å². The molecule has 3 atom stereocenters. The Labute approximate surface area is 144 Å². The highest BCUT2D eigenvalue weighted by atomic mass is 32.2. The maximum atomic E-state index is 12.8. The average molecular weight is 350 g/mol. The SMILES string of the molecule is Cc1ccc(C2C(C)CCCN2C(=O)NC2CCS(=O)(=O)C2)cc1. The van der Waals surface area contributed by atoms with E-state index in [1.54, 1.807) is 0 Å². The molecule has 0 aromatic heterocycles. The van der Waals surface area contributed by atoms with Gasteiger partial charge in [0.05, 0.1) is 17.5 Å². The van der Waals surface area contributed by atoms with Gasteiger partial charge in [-0.15, -0.1) is 0 Å². The largest absolute Gasteiger partial charge is 0.334 e. The monoisotopic (exact) mass is 350 g/mol. The van der Waals surface area contributed by atoms with Crippen molar-refractivity contribution in [1.29, 1.82) is 0 Å². The Balaban J connectivity index is 1.76. The third-order valence-corrected chi connectivity index (χ3v) is 6.94. The Hall–Kier alpha value is -1.56. The molecule has 132 valence electrons. The van der Waals surface area contributed by atoms with E-state index in [9.17, 15) is 13.2 Å². The van der Waals surface area contributed by atoms with Gasteiger partial charge >= 0.3 is 6.03 Å². The number of urea groups is 1. The molecule has 0 aliphatic carbocycles. The summed E-state index contributed by atoms with van der Waals surface area (Å²) >= 11 is 0. The number of nitrogens with zero attached hydrogens (tertiary/aromatic N) is 1. The number of hydrogen-bond donors (Lipinski definition) is 1. The molecule has 2 saturated heterocycles. The van der Waals surface area contributed by atoms with Gasteiger partial charge in [-0.25, -0.2) is 13.2 Å². The van der Waals surface area contributed by atoms with E-state index in [-0.39, 0.29) is 29.6 Å². The van der Waals surface area contributed by atoms with E-state index in [0.29, 0.717) is 18.9 Å². The number of benzene rings is 1. The summed E-state index contributed by atoms with van der Waals surface area (Å²) in [6.45, 7) is 4.96. The molecule has 2 heterocycles. The van der Waals surface area contributed by atoms with Gasteiger partial charge in [0, 0.05) is 12.6 Å². The van der Waals surface area contributed by atoms with Crippen LogP contribution in [0.5, 0.6) is 0 Å². The summed E-state index contributed by atoms with van der Waals surface area (Å²) < 4.78 is 23.2. The highest BCUT2D eigenvalue weighted by Gasteiger charge is 2.35. The molecule has 3 unspecified atom stereocenters. The number of aryl methyl sites for hydroxylation is 1. The van der Waals surface area contributed by atoms with Crippen LogP contribution in [0.15, 0.2) is 24.3 Å². The first-order chi connectivity index (χ1) is 11.4. The minimum Gasteiger partial charge on any atom is -0.334 e. The van der Waals surface area contributed by atoms with E-state index in [0.717, 1.165) is 18.4 Å². The molecule has 0 saturated carbocycles. The van der Waals surface area contributed by atoms with Crippen LogP contribution in [0.1, 0.15) is 43.4 Å². The number of sulfone groups is 1. The van der Waals surface area contributed by atoms with E-state index < -0.39 is 9.84 Å². The Kier molecular flexibility index (Phi) is 4.85. The van der Waals surface area contributed by atoms with Crippen LogP contribution in [0.3, 0.4) is 0 Å². The van der Waals surface area contributed by atoms with E-state index in [2.05, 4.69) is 43.4 Å². The molecule has 2 amide bonds. The first-order valence-corrected chi connectivity index (χ1v) is 10.5. The molecule has 3 rings (SSSR count). The van der Waals surface area contributed by atoms with Crippen LogP contribution in [-0.2, 0) is 9.84 Å². The molecule has 1 aromatic carbocycles. The number of carbonyl (C=O) groups excluding carboxylic acids is 1. The molecule has 6 heteroatoms. The highest BCUT2D eigenvalue weighted by molar-refractivity contribution is 7.91. The molecule has 2 aliphatic heterocycles. The molecular formula is C18H26N2O3S. The molecule has 2 fully saturated rings. The minimum atomic E-state index is -2.99. The third-order valence-electron chi connectivity index (χ3n) is 5.17. The van der Waals surface area contributed by atoms with Gasteiger partial charge in [-0.2, -0.15) is 0 Å². The van der Waals surface area contributed by atoms with Gasteiger partial charge in [0.25, 0.3) is 0 Å². The van der Waals surface area contributed by atoms with Crippen molar-refractivity contribution in [3.05, 3.63) is 35.4 Å². The van der Waals surface area contributed by atoms with E-state index in [1.807, 2.05) is 4.90 Å². The van der Waals surface area contributed by atoms with Crippen molar-refractivity contribution >= 4 is 15.9 Å². The Morgan fingerprint density at radius 3 is 2.54 bits per heavy atom. The maximum absolute atomic E-state index is 12.8. The Bertz CT molecular complexity index is 699. The fourth-order valence-corrected chi connectivity index (χ4v) is 5.53. The average Bonchev–Trinajstić information content (AvgIpc) is 2.87. The lowest BCUT2D eigenvalue weighted by Gasteiger charge is -2.40. The van der Waals surface area contributed by atoms with Crippen molar-refractivity contribution in [2.45, 2.75) is 45.2 Å². The number of likely N-dealkylation sites (tertiary alicyclic amines) is 1. The molecule has 1 aromatic rings. The van der Waals surface area contributed by atoms with Crippen LogP contribution >= 0.6 is 0 Å². The van der Waals surface area contributed by atoms with Crippen molar-refractivity contribution in [3.8, 4) is 0 Å². The lowest BCUT2D eigenvalue weighted by atomic mass is 9.86. The second-order valence-corrected chi connectivity index (χ2v) is 9.45. The summed E-state index contributed by atoms with van der Waals surface area (Å²) in [6.07, 6.45) is 2.60. The first-order valence-electron chi connectivity index (χ1n) is 8.70. The normalized spacial score (nSPS) is 29.4. The highest BCUT2D eigenvalue weighted by Crippen LogP contribution is 2.36. The summed E-state index contributed by atoms with van der Waals surface area (Å²) in [5, 5.41) is 2.94. The molecule has 0 spiro atoms. The molecule has 0 radical (unpaired) electrons. The summed E-state index contributed by atoms with van der Waals surface area (Å²) in [5.41, 5.74) is 2.36. The van der Waals surface area contributed by atoms with Gasteiger partial charge in [-0.1, -0.05) is 36.8 Å². The number of rotatable bonds is 2. The molecular weight excluding hydrogens is 324 g/mol. The number of carbonyl (C=O) groups is 1. The van der Waals surface area contributed by atoms with Crippen LogP contribution in [0.25, 0.3) is 0 Å². The maximum Gasteiger partial charge on any atom is 0.318 e. The van der Waals surface area contributed by atoms with E-state index >= 15 is 0 Å². The summed E-state index contributed by atoms with van der Waals surface area (Å²) in [4.78, 5) is 14.7. The van der Waals surface area contributed by atoms with Gasteiger partial charge in [0.15, 0.2) is 9.84 Å². The van der Waals surface area contributed by atoms with Gasteiger partial charge < -0.3 is 10.2 Å². The topological polar surface area (TPSA) is 66.5 Å². The van der Waals surface area contributed by atoms with Crippen LogP contribution in [-0.4, -0.2) is 43.4 Å². The fraction of sp³-hybridized carbons (Fsp3) is 0.611. The van der Waals surface area contributed by atoms with Crippen molar-refractivity contribution < 1.29 is 13.2 Å². The second kappa shape index (κ2) is 6.75. The smallest absolute Gasteiger partial charge is 0.318 e.